The Morgan fingerprint density at radius 2 is 1.90 bits per heavy atom. The number of aromatic nitrogens is 1. The first kappa shape index (κ1) is 14.8. The van der Waals surface area contributed by atoms with E-state index in [1.165, 1.54) is 0 Å². The van der Waals surface area contributed by atoms with Crippen LogP contribution in [0.1, 0.15) is 12.5 Å². The van der Waals surface area contributed by atoms with Gasteiger partial charge in [-0.15, -0.1) is 0 Å². The van der Waals surface area contributed by atoms with Crippen LogP contribution >= 0.6 is 0 Å². The monoisotopic (exact) mass is 287 g/mol. The Kier molecular flexibility index (Phi) is 4.77. The molecular weight excluding hydrogens is 270 g/mol. The Bertz CT molecular complexity index is 673. The first-order chi connectivity index (χ1) is 10.1. The summed E-state index contributed by atoms with van der Waals surface area (Å²) in [6.07, 6.45) is 1.59. The largest absolute Gasteiger partial charge is 0.497 e. The minimum absolute atomic E-state index is 0.0346. The number of nitrogens with one attached hydrogen (secondary N) is 1. The highest BCUT2D eigenvalue weighted by Gasteiger charge is 2.09. The average molecular weight is 287 g/mol. The number of pyridine rings is 1. The molecule has 2 aromatic rings. The van der Waals surface area contributed by atoms with E-state index in [1.807, 2.05) is 24.3 Å². The van der Waals surface area contributed by atoms with Crippen molar-refractivity contribution in [3.05, 3.63) is 52.4 Å². The van der Waals surface area contributed by atoms with Crippen LogP contribution in [0.2, 0.25) is 0 Å². The van der Waals surface area contributed by atoms with Gasteiger partial charge in [0.15, 0.2) is 0 Å². The van der Waals surface area contributed by atoms with Gasteiger partial charge in [-0.2, -0.15) is 0 Å². The maximum atomic E-state index is 11.8. The molecule has 1 aromatic carbocycles. The zero-order valence-electron chi connectivity index (χ0n) is 12.0. The molecule has 0 aliphatic heterocycles. The summed E-state index contributed by atoms with van der Waals surface area (Å²) in [6.45, 7) is 2.03. The molecule has 21 heavy (non-hydrogen) atoms. The quantitative estimate of drug-likeness (QED) is 0.856. The molecule has 1 heterocycles. The maximum Gasteiger partial charge on any atom is 0.310 e. The van der Waals surface area contributed by atoms with Crippen molar-refractivity contribution in [3.63, 3.8) is 0 Å². The van der Waals surface area contributed by atoms with E-state index in [9.17, 15) is 9.59 Å². The van der Waals surface area contributed by atoms with Gasteiger partial charge in [0.2, 0.25) is 0 Å². The topological polar surface area (TPSA) is 68.4 Å². The van der Waals surface area contributed by atoms with Crippen LogP contribution in [0.15, 0.2) is 41.3 Å². The number of hydrogen-bond donors (Lipinski definition) is 1. The fourth-order valence-corrected chi connectivity index (χ4v) is 1.98. The van der Waals surface area contributed by atoms with Crippen molar-refractivity contribution >= 4 is 5.97 Å². The molecular formula is C16H17NO4. The number of carbonyl (C=O) groups is 1. The van der Waals surface area contributed by atoms with Gasteiger partial charge in [-0.05, 0) is 36.2 Å². The highest BCUT2D eigenvalue weighted by Crippen LogP contribution is 2.21. The Hall–Kier alpha value is -2.56. The molecule has 0 saturated heterocycles. The third-order valence-electron chi connectivity index (χ3n) is 3.04. The second-order valence-electron chi connectivity index (χ2n) is 4.45. The number of rotatable bonds is 5. The summed E-state index contributed by atoms with van der Waals surface area (Å²) in [6, 6.07) is 9.16. The third kappa shape index (κ3) is 3.72. The normalized spacial score (nSPS) is 10.2. The van der Waals surface area contributed by atoms with Crippen molar-refractivity contribution < 1.29 is 14.3 Å². The molecule has 0 radical (unpaired) electrons. The molecule has 2 rings (SSSR count). The van der Waals surface area contributed by atoms with Crippen molar-refractivity contribution in [1.82, 2.24) is 4.98 Å². The van der Waals surface area contributed by atoms with Gasteiger partial charge in [-0.25, -0.2) is 0 Å². The second kappa shape index (κ2) is 6.74. The van der Waals surface area contributed by atoms with E-state index in [2.05, 4.69) is 4.98 Å². The minimum atomic E-state index is -0.408. The molecule has 0 saturated carbocycles. The van der Waals surface area contributed by atoms with Gasteiger partial charge < -0.3 is 14.5 Å². The van der Waals surface area contributed by atoms with Crippen molar-refractivity contribution in [2.45, 2.75) is 13.3 Å². The number of H-pyrrole nitrogens is 1. The lowest BCUT2D eigenvalue weighted by molar-refractivity contribution is -0.142. The van der Waals surface area contributed by atoms with Crippen LogP contribution in [-0.4, -0.2) is 24.7 Å². The Morgan fingerprint density at radius 1 is 1.19 bits per heavy atom. The lowest BCUT2D eigenvalue weighted by Gasteiger charge is -2.06. The fraction of sp³-hybridized carbons (Fsp3) is 0.250. The maximum absolute atomic E-state index is 11.8. The number of carbonyl (C=O) groups excluding carboxylic acids is 1. The van der Waals surface area contributed by atoms with Gasteiger partial charge in [0, 0.05) is 11.8 Å². The van der Waals surface area contributed by atoms with Crippen molar-refractivity contribution in [2.75, 3.05) is 13.7 Å². The SMILES string of the molecule is CCOC(=O)Cc1cc(-c2ccc(OC)cc2)c[nH]c1=O. The number of hydrogen-bond acceptors (Lipinski definition) is 4. The smallest absolute Gasteiger partial charge is 0.310 e. The Morgan fingerprint density at radius 3 is 2.52 bits per heavy atom. The van der Waals surface area contributed by atoms with Crippen LogP contribution in [0.3, 0.4) is 0 Å². The molecule has 0 amide bonds. The first-order valence-corrected chi connectivity index (χ1v) is 6.65. The summed E-state index contributed by atoms with van der Waals surface area (Å²) in [7, 11) is 1.60. The first-order valence-electron chi connectivity index (χ1n) is 6.65. The number of methoxy groups -OCH3 is 1. The highest BCUT2D eigenvalue weighted by molar-refractivity contribution is 5.73. The molecule has 1 N–H and O–H groups in total. The second-order valence-corrected chi connectivity index (χ2v) is 4.45. The van der Waals surface area contributed by atoms with E-state index in [-0.39, 0.29) is 12.0 Å². The molecule has 0 aliphatic rings. The molecule has 110 valence electrons. The van der Waals surface area contributed by atoms with Crippen LogP contribution in [0.5, 0.6) is 5.75 Å². The van der Waals surface area contributed by atoms with E-state index < -0.39 is 5.97 Å². The average Bonchev–Trinajstić information content (AvgIpc) is 2.50. The van der Waals surface area contributed by atoms with E-state index in [0.29, 0.717) is 12.2 Å². The van der Waals surface area contributed by atoms with Gasteiger partial charge in [0.25, 0.3) is 5.56 Å². The van der Waals surface area contributed by atoms with Gasteiger partial charge >= 0.3 is 5.97 Å². The van der Waals surface area contributed by atoms with Crippen molar-refractivity contribution in [1.29, 1.82) is 0 Å². The number of benzene rings is 1. The van der Waals surface area contributed by atoms with E-state index in [4.69, 9.17) is 9.47 Å². The lowest BCUT2D eigenvalue weighted by atomic mass is 10.0. The van der Waals surface area contributed by atoms with Crippen LogP contribution in [0, 0.1) is 0 Å². The molecule has 0 aliphatic carbocycles. The van der Waals surface area contributed by atoms with E-state index in [1.54, 1.807) is 26.3 Å². The van der Waals surface area contributed by atoms with Crippen LogP contribution < -0.4 is 10.3 Å². The van der Waals surface area contributed by atoms with Crippen molar-refractivity contribution in [2.24, 2.45) is 0 Å². The molecule has 0 unspecified atom stereocenters. The zero-order chi connectivity index (χ0) is 15.2. The summed E-state index contributed by atoms with van der Waals surface area (Å²) in [5.74, 6) is 0.352. The van der Waals surface area contributed by atoms with Crippen LogP contribution in [-0.2, 0) is 16.0 Å². The van der Waals surface area contributed by atoms with Gasteiger partial charge in [0.05, 0.1) is 20.1 Å². The molecule has 0 fully saturated rings. The number of esters is 1. The van der Waals surface area contributed by atoms with Gasteiger partial charge in [0.1, 0.15) is 5.75 Å². The molecule has 5 heteroatoms. The standard InChI is InChI=1S/C16H17NO4/c1-3-21-15(18)9-12-8-13(10-17-16(12)19)11-4-6-14(20-2)7-5-11/h4-8,10H,3,9H2,1-2H3,(H,17,19). The zero-order valence-corrected chi connectivity index (χ0v) is 12.0. The Balaban J connectivity index is 2.28. The van der Waals surface area contributed by atoms with Gasteiger partial charge in [-0.1, -0.05) is 12.1 Å². The summed E-state index contributed by atoms with van der Waals surface area (Å²) in [5, 5.41) is 0. The number of ether oxygens (including phenoxy) is 2. The summed E-state index contributed by atoms with van der Waals surface area (Å²) >= 11 is 0. The molecule has 0 atom stereocenters. The summed E-state index contributed by atoms with van der Waals surface area (Å²) in [4.78, 5) is 25.9. The van der Waals surface area contributed by atoms with Crippen LogP contribution in [0.4, 0.5) is 0 Å². The summed E-state index contributed by atoms with van der Waals surface area (Å²) in [5.41, 5.74) is 1.87. The van der Waals surface area contributed by atoms with E-state index in [0.717, 1.165) is 16.9 Å². The van der Waals surface area contributed by atoms with Crippen LogP contribution in [0.25, 0.3) is 11.1 Å². The summed E-state index contributed by atoms with van der Waals surface area (Å²) < 4.78 is 9.98. The lowest BCUT2D eigenvalue weighted by Crippen LogP contribution is -2.17. The van der Waals surface area contributed by atoms with E-state index >= 15 is 0 Å². The fourth-order valence-electron chi connectivity index (χ4n) is 1.98. The molecule has 5 nitrogen and oxygen atoms in total. The van der Waals surface area contributed by atoms with Crippen molar-refractivity contribution in [3.8, 4) is 16.9 Å². The Labute approximate surface area is 122 Å². The molecule has 0 spiro atoms. The highest BCUT2D eigenvalue weighted by atomic mass is 16.5. The number of aromatic amines is 1. The molecule has 0 bridgehead atoms. The van der Waals surface area contributed by atoms with Gasteiger partial charge in [-0.3, -0.25) is 9.59 Å². The predicted octanol–water partition coefficient (Wildman–Crippen LogP) is 2.16. The minimum Gasteiger partial charge on any atom is -0.497 e. The third-order valence-corrected chi connectivity index (χ3v) is 3.04. The molecule has 1 aromatic heterocycles. The predicted molar refractivity (Wildman–Crippen MR) is 79.4 cm³/mol.